The van der Waals surface area contributed by atoms with Gasteiger partial charge < -0.3 is 9.64 Å². The van der Waals surface area contributed by atoms with Crippen LogP contribution < -0.4 is 0 Å². The summed E-state index contributed by atoms with van der Waals surface area (Å²) < 4.78 is 5.54. The van der Waals surface area contributed by atoms with Crippen LogP contribution in [0.5, 0.6) is 0 Å². The molecular weight excluding hydrogens is 388 g/mol. The number of rotatable bonds is 5. The molecular formula is C26H32N2O3. The number of nitrogens with zero attached hydrogens (tertiary/aromatic N) is 2. The molecule has 5 nitrogen and oxygen atoms in total. The van der Waals surface area contributed by atoms with Crippen molar-refractivity contribution in [1.29, 1.82) is 0 Å². The lowest BCUT2D eigenvalue weighted by Crippen LogP contribution is -2.43. The standard InChI is InChI=1S/C26H32N2O3/c1-26(2,3)31-25(30)28-23(18-22(24(28)29)15-16-27(4)5)17-19-11-13-21(14-12-19)20-9-7-6-8-10-20/h6-15,23H,16-18H2,1-5H3/t23-/m1/s1. The van der Waals surface area contributed by atoms with Crippen molar-refractivity contribution in [3.05, 3.63) is 71.8 Å². The van der Waals surface area contributed by atoms with E-state index in [4.69, 9.17) is 4.74 Å². The van der Waals surface area contributed by atoms with E-state index in [0.29, 0.717) is 25.0 Å². The molecule has 1 aliphatic heterocycles. The fourth-order valence-corrected chi connectivity index (χ4v) is 3.66. The van der Waals surface area contributed by atoms with E-state index < -0.39 is 11.7 Å². The summed E-state index contributed by atoms with van der Waals surface area (Å²) in [5, 5.41) is 0. The zero-order chi connectivity index (χ0) is 22.6. The molecule has 164 valence electrons. The molecule has 1 aliphatic rings. The maximum atomic E-state index is 13.0. The lowest BCUT2D eigenvalue weighted by Gasteiger charge is -2.27. The van der Waals surface area contributed by atoms with E-state index in [2.05, 4.69) is 36.4 Å². The minimum absolute atomic E-state index is 0.248. The van der Waals surface area contributed by atoms with Crippen molar-refractivity contribution >= 4 is 12.0 Å². The number of amides is 2. The van der Waals surface area contributed by atoms with Gasteiger partial charge in [-0.05, 0) is 64.4 Å². The van der Waals surface area contributed by atoms with Gasteiger partial charge >= 0.3 is 6.09 Å². The van der Waals surface area contributed by atoms with Crippen molar-refractivity contribution < 1.29 is 14.3 Å². The first-order chi connectivity index (χ1) is 14.6. The monoisotopic (exact) mass is 420 g/mol. The quantitative estimate of drug-likeness (QED) is 0.644. The summed E-state index contributed by atoms with van der Waals surface area (Å²) in [6.07, 6.45) is 2.47. The Morgan fingerprint density at radius 3 is 2.26 bits per heavy atom. The Morgan fingerprint density at radius 1 is 1.06 bits per heavy atom. The smallest absolute Gasteiger partial charge is 0.417 e. The maximum Gasteiger partial charge on any atom is 0.417 e. The minimum atomic E-state index is -0.657. The number of benzene rings is 2. The number of likely N-dealkylation sites (tertiary alicyclic amines) is 1. The van der Waals surface area contributed by atoms with Gasteiger partial charge in [0.25, 0.3) is 5.91 Å². The summed E-state index contributed by atoms with van der Waals surface area (Å²) >= 11 is 0. The van der Waals surface area contributed by atoms with Crippen molar-refractivity contribution in [3.8, 4) is 11.1 Å². The van der Waals surface area contributed by atoms with Gasteiger partial charge in [0.05, 0.1) is 6.04 Å². The molecule has 0 N–H and O–H groups in total. The van der Waals surface area contributed by atoms with Crippen molar-refractivity contribution in [2.45, 2.75) is 45.3 Å². The third kappa shape index (κ3) is 6.05. The third-order valence-corrected chi connectivity index (χ3v) is 5.14. The molecule has 0 spiro atoms. The van der Waals surface area contributed by atoms with E-state index in [9.17, 15) is 9.59 Å². The van der Waals surface area contributed by atoms with Crippen LogP contribution in [-0.2, 0) is 16.0 Å². The number of carbonyl (C=O) groups excluding carboxylic acids is 2. The molecule has 0 radical (unpaired) electrons. The number of imide groups is 1. The first-order valence-electron chi connectivity index (χ1n) is 10.7. The molecule has 0 bridgehead atoms. The second-order valence-corrected chi connectivity index (χ2v) is 9.27. The van der Waals surface area contributed by atoms with Crippen LogP contribution in [0.15, 0.2) is 66.2 Å². The fraction of sp³-hybridized carbons (Fsp3) is 0.385. The number of hydrogen-bond donors (Lipinski definition) is 0. The highest BCUT2D eigenvalue weighted by molar-refractivity contribution is 6.05. The second kappa shape index (κ2) is 9.48. The minimum Gasteiger partial charge on any atom is -0.443 e. The van der Waals surface area contributed by atoms with Crippen molar-refractivity contribution in [1.82, 2.24) is 9.80 Å². The van der Waals surface area contributed by atoms with Gasteiger partial charge in [-0.25, -0.2) is 9.69 Å². The molecule has 0 aliphatic carbocycles. The lowest BCUT2D eigenvalue weighted by molar-refractivity contribution is -0.125. The molecule has 1 heterocycles. The fourth-order valence-electron chi connectivity index (χ4n) is 3.66. The number of ether oxygens (including phenoxy) is 1. The summed E-state index contributed by atoms with van der Waals surface area (Å²) in [6, 6.07) is 18.3. The Bertz CT molecular complexity index is 941. The Morgan fingerprint density at radius 2 is 1.68 bits per heavy atom. The van der Waals surface area contributed by atoms with Crippen LogP contribution in [0, 0.1) is 0 Å². The largest absolute Gasteiger partial charge is 0.443 e. The average Bonchev–Trinajstić information content (AvgIpc) is 3.01. The van der Waals surface area contributed by atoms with Crippen molar-refractivity contribution in [3.63, 3.8) is 0 Å². The molecule has 1 atom stereocenters. The molecule has 3 rings (SSSR count). The number of likely N-dealkylation sites (N-methyl/N-ethyl adjacent to an activating group) is 1. The van der Waals surface area contributed by atoms with E-state index in [1.165, 1.54) is 4.90 Å². The van der Waals surface area contributed by atoms with Crippen LogP contribution in [0.4, 0.5) is 4.79 Å². The van der Waals surface area contributed by atoms with Crippen LogP contribution in [0.25, 0.3) is 11.1 Å². The first-order valence-corrected chi connectivity index (χ1v) is 10.7. The number of hydrogen-bond acceptors (Lipinski definition) is 4. The summed E-state index contributed by atoms with van der Waals surface area (Å²) in [5.74, 6) is -0.248. The molecule has 0 unspecified atom stereocenters. The van der Waals surface area contributed by atoms with Gasteiger partial charge in [-0.15, -0.1) is 0 Å². The summed E-state index contributed by atoms with van der Waals surface area (Å²) in [5.41, 5.74) is 3.40. The van der Waals surface area contributed by atoms with Gasteiger partial charge in [-0.3, -0.25) is 4.79 Å². The summed E-state index contributed by atoms with van der Waals surface area (Å²) in [7, 11) is 3.90. The van der Waals surface area contributed by atoms with Gasteiger partial charge in [0.15, 0.2) is 0 Å². The maximum absolute atomic E-state index is 13.0. The molecule has 31 heavy (non-hydrogen) atoms. The van der Waals surface area contributed by atoms with Gasteiger partial charge in [-0.1, -0.05) is 60.7 Å². The first kappa shape index (κ1) is 22.8. The van der Waals surface area contributed by atoms with E-state index in [-0.39, 0.29) is 11.9 Å². The second-order valence-electron chi connectivity index (χ2n) is 9.27. The molecule has 0 saturated carbocycles. The molecule has 1 fully saturated rings. The highest BCUT2D eigenvalue weighted by Crippen LogP contribution is 2.29. The van der Waals surface area contributed by atoms with Gasteiger partial charge in [-0.2, -0.15) is 0 Å². The third-order valence-electron chi connectivity index (χ3n) is 5.14. The molecule has 5 heteroatoms. The van der Waals surface area contributed by atoms with Gasteiger partial charge in [0.2, 0.25) is 0 Å². The summed E-state index contributed by atoms with van der Waals surface area (Å²) in [4.78, 5) is 29.2. The van der Waals surface area contributed by atoms with Crippen LogP contribution in [0.1, 0.15) is 32.8 Å². The van der Waals surface area contributed by atoms with E-state index in [1.807, 2.05) is 64.0 Å². The van der Waals surface area contributed by atoms with Crippen LogP contribution >= 0.6 is 0 Å². The lowest BCUT2D eigenvalue weighted by atomic mass is 9.99. The van der Waals surface area contributed by atoms with Gasteiger partial charge in [0.1, 0.15) is 5.60 Å². The zero-order valence-electron chi connectivity index (χ0n) is 19.1. The molecule has 2 aromatic rings. The highest BCUT2D eigenvalue weighted by atomic mass is 16.6. The summed E-state index contributed by atoms with van der Waals surface area (Å²) in [6.45, 7) is 6.09. The SMILES string of the molecule is CN(C)CC=C1C[C@@H](Cc2ccc(-c3ccccc3)cc2)N(C(=O)OC(C)(C)C)C1=O. The topological polar surface area (TPSA) is 49.9 Å². The Labute approximate surface area is 185 Å². The number of carbonyl (C=O) groups is 2. The van der Waals surface area contributed by atoms with Crippen LogP contribution in [0.2, 0.25) is 0 Å². The van der Waals surface area contributed by atoms with Gasteiger partial charge in [0, 0.05) is 12.1 Å². The van der Waals surface area contributed by atoms with E-state index in [1.54, 1.807) is 0 Å². The van der Waals surface area contributed by atoms with Crippen LogP contribution in [-0.4, -0.2) is 54.1 Å². The van der Waals surface area contributed by atoms with E-state index >= 15 is 0 Å². The predicted octanol–water partition coefficient (Wildman–Crippen LogP) is 4.92. The predicted molar refractivity (Wildman–Crippen MR) is 124 cm³/mol. The van der Waals surface area contributed by atoms with Crippen molar-refractivity contribution in [2.24, 2.45) is 0 Å². The zero-order valence-corrected chi connectivity index (χ0v) is 19.1. The van der Waals surface area contributed by atoms with E-state index in [0.717, 1.165) is 16.7 Å². The normalized spacial score (nSPS) is 18.1. The molecule has 1 saturated heterocycles. The van der Waals surface area contributed by atoms with Crippen LogP contribution in [0.3, 0.4) is 0 Å². The van der Waals surface area contributed by atoms with Crippen molar-refractivity contribution in [2.75, 3.05) is 20.6 Å². The molecule has 2 amide bonds. The highest BCUT2D eigenvalue weighted by Gasteiger charge is 2.41. The Balaban J connectivity index is 1.81. The Hall–Kier alpha value is -2.92. The molecule has 2 aromatic carbocycles. The average molecular weight is 421 g/mol. The Kier molecular flexibility index (Phi) is 6.96. The molecule has 0 aromatic heterocycles.